The molecule has 0 radical (unpaired) electrons. The van der Waals surface area contributed by atoms with Crippen LogP contribution in [0.3, 0.4) is 0 Å². The SMILES string of the molecule is COc1ncc(NCc2ccc(F)cc2)cc1C(N)=O. The molecule has 0 saturated carbocycles. The molecule has 0 bridgehead atoms. The maximum Gasteiger partial charge on any atom is 0.254 e. The number of aromatic nitrogens is 1. The molecule has 1 amide bonds. The molecule has 0 saturated heterocycles. The zero-order valence-electron chi connectivity index (χ0n) is 10.9. The van der Waals surface area contributed by atoms with Crippen molar-refractivity contribution >= 4 is 11.6 Å². The van der Waals surface area contributed by atoms with Crippen molar-refractivity contribution in [2.24, 2.45) is 5.73 Å². The van der Waals surface area contributed by atoms with Gasteiger partial charge in [0.05, 0.1) is 19.0 Å². The minimum Gasteiger partial charge on any atom is -0.480 e. The van der Waals surface area contributed by atoms with Gasteiger partial charge in [-0.15, -0.1) is 0 Å². The van der Waals surface area contributed by atoms with Crippen molar-refractivity contribution in [3.63, 3.8) is 0 Å². The second-order valence-corrected chi connectivity index (χ2v) is 4.13. The Morgan fingerprint density at radius 2 is 2.10 bits per heavy atom. The van der Waals surface area contributed by atoms with Gasteiger partial charge in [-0.25, -0.2) is 9.37 Å². The Morgan fingerprint density at radius 1 is 1.40 bits per heavy atom. The molecule has 20 heavy (non-hydrogen) atoms. The monoisotopic (exact) mass is 275 g/mol. The molecule has 0 atom stereocenters. The highest BCUT2D eigenvalue weighted by Crippen LogP contribution is 2.19. The van der Waals surface area contributed by atoms with Crippen LogP contribution in [0.2, 0.25) is 0 Å². The highest BCUT2D eigenvalue weighted by molar-refractivity contribution is 5.95. The van der Waals surface area contributed by atoms with Gasteiger partial charge in [-0.1, -0.05) is 12.1 Å². The summed E-state index contributed by atoms with van der Waals surface area (Å²) < 4.78 is 17.7. The van der Waals surface area contributed by atoms with Gasteiger partial charge in [-0.05, 0) is 23.8 Å². The first-order valence-corrected chi connectivity index (χ1v) is 5.92. The number of carbonyl (C=O) groups is 1. The van der Waals surface area contributed by atoms with Crippen molar-refractivity contribution in [2.75, 3.05) is 12.4 Å². The smallest absolute Gasteiger partial charge is 0.254 e. The van der Waals surface area contributed by atoms with Gasteiger partial charge in [0.15, 0.2) is 0 Å². The minimum absolute atomic E-state index is 0.185. The van der Waals surface area contributed by atoms with Crippen molar-refractivity contribution in [3.05, 3.63) is 53.5 Å². The number of methoxy groups -OCH3 is 1. The Kier molecular flexibility index (Phi) is 4.14. The van der Waals surface area contributed by atoms with Crippen LogP contribution in [0, 0.1) is 5.82 Å². The summed E-state index contributed by atoms with van der Waals surface area (Å²) in [6.07, 6.45) is 1.54. The topological polar surface area (TPSA) is 77.2 Å². The summed E-state index contributed by atoms with van der Waals surface area (Å²) in [6, 6.07) is 7.69. The lowest BCUT2D eigenvalue weighted by molar-refractivity contribution is 0.0996. The predicted octanol–water partition coefficient (Wildman–Crippen LogP) is 1.94. The van der Waals surface area contributed by atoms with Gasteiger partial charge < -0.3 is 15.8 Å². The van der Waals surface area contributed by atoms with E-state index in [9.17, 15) is 9.18 Å². The van der Waals surface area contributed by atoms with Crippen LogP contribution in [-0.2, 0) is 6.54 Å². The first-order valence-electron chi connectivity index (χ1n) is 5.92. The molecule has 5 nitrogen and oxygen atoms in total. The summed E-state index contributed by atoms with van der Waals surface area (Å²) in [4.78, 5) is 15.3. The van der Waals surface area contributed by atoms with Gasteiger partial charge in [0, 0.05) is 6.54 Å². The summed E-state index contributed by atoms with van der Waals surface area (Å²) in [7, 11) is 1.42. The third-order valence-corrected chi connectivity index (χ3v) is 2.72. The fraction of sp³-hybridized carbons (Fsp3) is 0.143. The highest BCUT2D eigenvalue weighted by Gasteiger charge is 2.11. The van der Waals surface area contributed by atoms with Crippen LogP contribution in [0.4, 0.5) is 10.1 Å². The number of rotatable bonds is 5. The van der Waals surface area contributed by atoms with E-state index in [2.05, 4.69) is 10.3 Å². The van der Waals surface area contributed by atoms with E-state index in [0.29, 0.717) is 12.2 Å². The van der Waals surface area contributed by atoms with Gasteiger partial charge in [-0.3, -0.25) is 4.79 Å². The second kappa shape index (κ2) is 6.01. The number of hydrogen-bond donors (Lipinski definition) is 2. The van der Waals surface area contributed by atoms with Crippen LogP contribution in [0.25, 0.3) is 0 Å². The maximum atomic E-state index is 12.8. The zero-order chi connectivity index (χ0) is 14.5. The third kappa shape index (κ3) is 3.23. The Labute approximate surface area is 115 Å². The molecule has 6 heteroatoms. The molecule has 0 spiro atoms. The van der Waals surface area contributed by atoms with Crippen LogP contribution in [0.1, 0.15) is 15.9 Å². The van der Waals surface area contributed by atoms with Crippen molar-refractivity contribution in [3.8, 4) is 5.88 Å². The fourth-order valence-electron chi connectivity index (χ4n) is 1.69. The van der Waals surface area contributed by atoms with Crippen LogP contribution < -0.4 is 15.8 Å². The lowest BCUT2D eigenvalue weighted by atomic mass is 10.2. The van der Waals surface area contributed by atoms with Crippen molar-refractivity contribution in [1.29, 1.82) is 0 Å². The Balaban J connectivity index is 2.11. The summed E-state index contributed by atoms with van der Waals surface area (Å²) in [6.45, 7) is 0.479. The van der Waals surface area contributed by atoms with Crippen LogP contribution in [0.15, 0.2) is 36.5 Å². The van der Waals surface area contributed by atoms with E-state index in [1.165, 1.54) is 25.4 Å². The molecule has 1 aromatic carbocycles. The number of nitrogens with zero attached hydrogens (tertiary/aromatic N) is 1. The van der Waals surface area contributed by atoms with Gasteiger partial charge >= 0.3 is 0 Å². The van der Waals surface area contributed by atoms with E-state index >= 15 is 0 Å². The fourth-order valence-corrected chi connectivity index (χ4v) is 1.69. The number of nitrogens with two attached hydrogens (primary N) is 1. The van der Waals surface area contributed by atoms with E-state index in [4.69, 9.17) is 10.5 Å². The van der Waals surface area contributed by atoms with Crippen LogP contribution in [0.5, 0.6) is 5.88 Å². The standard InChI is InChI=1S/C14H14FN3O2/c1-20-14-12(13(16)19)6-11(8-18-14)17-7-9-2-4-10(15)5-3-9/h2-6,8,17H,7H2,1H3,(H2,16,19). The normalized spacial score (nSPS) is 10.1. The number of halogens is 1. The van der Waals surface area contributed by atoms with E-state index < -0.39 is 5.91 Å². The molecular formula is C14H14FN3O2. The number of pyridine rings is 1. The molecule has 0 fully saturated rings. The first-order chi connectivity index (χ1) is 9.60. The Bertz CT molecular complexity index is 614. The van der Waals surface area contributed by atoms with Gasteiger partial charge in [0.25, 0.3) is 5.91 Å². The number of hydrogen-bond acceptors (Lipinski definition) is 4. The summed E-state index contributed by atoms with van der Waals surface area (Å²) in [5, 5.41) is 3.08. The van der Waals surface area contributed by atoms with Crippen molar-refractivity contribution < 1.29 is 13.9 Å². The van der Waals surface area contributed by atoms with Crippen LogP contribution >= 0.6 is 0 Å². The molecule has 1 heterocycles. The molecule has 3 N–H and O–H groups in total. The lowest BCUT2D eigenvalue weighted by Crippen LogP contribution is -2.14. The molecule has 1 aromatic heterocycles. The molecule has 0 unspecified atom stereocenters. The van der Waals surface area contributed by atoms with E-state index in [-0.39, 0.29) is 17.3 Å². The van der Waals surface area contributed by atoms with E-state index in [0.717, 1.165) is 5.56 Å². The first kappa shape index (κ1) is 13.8. The lowest BCUT2D eigenvalue weighted by Gasteiger charge is -2.09. The van der Waals surface area contributed by atoms with Gasteiger partial charge in [-0.2, -0.15) is 0 Å². The molecule has 0 aliphatic heterocycles. The minimum atomic E-state index is -0.611. The van der Waals surface area contributed by atoms with Crippen molar-refractivity contribution in [2.45, 2.75) is 6.54 Å². The highest BCUT2D eigenvalue weighted by atomic mass is 19.1. The third-order valence-electron chi connectivity index (χ3n) is 2.72. The number of carbonyl (C=O) groups excluding carboxylic acids is 1. The number of nitrogens with one attached hydrogen (secondary N) is 1. The van der Waals surface area contributed by atoms with E-state index in [1.54, 1.807) is 18.2 Å². The largest absolute Gasteiger partial charge is 0.480 e. The number of primary amides is 1. The van der Waals surface area contributed by atoms with Crippen LogP contribution in [-0.4, -0.2) is 18.0 Å². The summed E-state index contributed by atoms with van der Waals surface area (Å²) in [5.41, 5.74) is 6.99. The molecule has 0 aliphatic rings. The maximum absolute atomic E-state index is 12.8. The summed E-state index contributed by atoms with van der Waals surface area (Å²) in [5.74, 6) is -0.708. The number of amides is 1. The second-order valence-electron chi connectivity index (χ2n) is 4.13. The predicted molar refractivity (Wildman–Crippen MR) is 73.0 cm³/mol. The van der Waals surface area contributed by atoms with Gasteiger partial charge in [0.1, 0.15) is 11.4 Å². The molecule has 2 rings (SSSR count). The zero-order valence-corrected chi connectivity index (χ0v) is 10.9. The van der Waals surface area contributed by atoms with Crippen molar-refractivity contribution in [1.82, 2.24) is 4.98 Å². The average Bonchev–Trinajstić information content (AvgIpc) is 2.46. The number of anilines is 1. The summed E-state index contributed by atoms with van der Waals surface area (Å²) >= 11 is 0. The Hall–Kier alpha value is -2.63. The van der Waals surface area contributed by atoms with Gasteiger partial charge in [0.2, 0.25) is 5.88 Å². The number of ether oxygens (including phenoxy) is 1. The van der Waals surface area contributed by atoms with E-state index in [1.807, 2.05) is 0 Å². The molecule has 0 aliphatic carbocycles. The molecule has 104 valence electrons. The quantitative estimate of drug-likeness (QED) is 0.874. The Morgan fingerprint density at radius 3 is 2.70 bits per heavy atom. The molecular weight excluding hydrogens is 261 g/mol. The number of benzene rings is 1. The molecule has 2 aromatic rings. The average molecular weight is 275 g/mol.